The first-order valence-electron chi connectivity index (χ1n) is 6.11. The van der Waals surface area contributed by atoms with E-state index in [2.05, 4.69) is 11.4 Å². The molecule has 0 saturated heterocycles. The average Bonchev–Trinajstić information content (AvgIpc) is 3.12. The zero-order valence-corrected chi connectivity index (χ0v) is 10.6. The molecule has 0 aromatic heterocycles. The average molecular weight is 239 g/mol. The zero-order chi connectivity index (χ0) is 12.9. The zero-order valence-electron chi connectivity index (χ0n) is 10.6. The number of carbonyl (C=O) groups is 1. The molecule has 0 radical (unpaired) electrons. The molecule has 0 aromatic rings. The second-order valence-corrected chi connectivity index (χ2v) is 4.73. The molecule has 0 aromatic carbocycles. The van der Waals surface area contributed by atoms with Crippen LogP contribution in [0.3, 0.4) is 0 Å². The number of carbonyl (C=O) groups excluding carboxylic acids is 1. The van der Waals surface area contributed by atoms with E-state index in [0.717, 1.165) is 12.8 Å². The Morgan fingerprint density at radius 2 is 2.29 bits per heavy atom. The quantitative estimate of drug-likeness (QED) is 0.661. The minimum absolute atomic E-state index is 0.0409. The molecule has 96 valence electrons. The second-order valence-electron chi connectivity index (χ2n) is 4.73. The van der Waals surface area contributed by atoms with Crippen LogP contribution in [0.5, 0.6) is 0 Å². The smallest absolute Gasteiger partial charge is 0.235 e. The summed E-state index contributed by atoms with van der Waals surface area (Å²) >= 11 is 0. The Labute approximate surface area is 102 Å². The van der Waals surface area contributed by atoms with Gasteiger partial charge < -0.3 is 10.4 Å². The first kappa shape index (κ1) is 13.9. The summed E-state index contributed by atoms with van der Waals surface area (Å²) in [4.78, 5) is 13.7. The predicted molar refractivity (Wildman–Crippen MR) is 64.1 cm³/mol. The number of likely N-dealkylation sites (N-methyl/N-ethyl adjacent to an activating group) is 1. The Balaban J connectivity index is 2.45. The Morgan fingerprint density at radius 1 is 1.65 bits per heavy atom. The van der Waals surface area contributed by atoms with E-state index < -0.39 is 5.54 Å². The summed E-state index contributed by atoms with van der Waals surface area (Å²) in [6, 6.07) is 2.19. The fourth-order valence-corrected chi connectivity index (χ4v) is 1.90. The number of rotatable bonds is 7. The van der Waals surface area contributed by atoms with E-state index in [1.54, 1.807) is 6.92 Å². The maximum atomic E-state index is 11.8. The standard InChI is InChI=1S/C12H21N3O2/c1-3-15(6-7-16)8-11(17)14-12(2,9-13)10-4-5-10/h10,16H,3-8H2,1-2H3,(H,14,17). The molecule has 0 spiro atoms. The Hall–Kier alpha value is -1.12. The van der Waals surface area contributed by atoms with Gasteiger partial charge in [-0.3, -0.25) is 9.69 Å². The molecule has 17 heavy (non-hydrogen) atoms. The first-order chi connectivity index (χ1) is 8.05. The highest BCUT2D eigenvalue weighted by Crippen LogP contribution is 2.39. The summed E-state index contributed by atoms with van der Waals surface area (Å²) in [5.41, 5.74) is -0.726. The Kier molecular flexibility index (Phi) is 4.91. The van der Waals surface area contributed by atoms with Crippen molar-refractivity contribution in [2.24, 2.45) is 5.92 Å². The predicted octanol–water partition coefficient (Wildman–Crippen LogP) is 0.109. The van der Waals surface area contributed by atoms with E-state index in [4.69, 9.17) is 10.4 Å². The van der Waals surface area contributed by atoms with Crippen LogP contribution in [0.15, 0.2) is 0 Å². The second kappa shape index (κ2) is 5.99. The van der Waals surface area contributed by atoms with Crippen LogP contribution in [0, 0.1) is 17.2 Å². The van der Waals surface area contributed by atoms with E-state index in [1.165, 1.54) is 0 Å². The molecule has 1 saturated carbocycles. The van der Waals surface area contributed by atoms with Crippen molar-refractivity contribution in [3.8, 4) is 6.07 Å². The third-order valence-corrected chi connectivity index (χ3v) is 3.26. The summed E-state index contributed by atoms with van der Waals surface area (Å²) in [5, 5.41) is 20.8. The van der Waals surface area contributed by atoms with Gasteiger partial charge in [0.05, 0.1) is 19.2 Å². The number of hydrogen-bond acceptors (Lipinski definition) is 4. The summed E-state index contributed by atoms with van der Waals surface area (Å²) < 4.78 is 0. The molecule has 1 atom stereocenters. The van der Waals surface area contributed by atoms with Crippen LogP contribution in [0.1, 0.15) is 26.7 Å². The van der Waals surface area contributed by atoms with Crippen LogP contribution in [-0.2, 0) is 4.79 Å². The van der Waals surface area contributed by atoms with E-state index in [-0.39, 0.29) is 19.1 Å². The lowest BCUT2D eigenvalue weighted by Gasteiger charge is -2.25. The van der Waals surface area contributed by atoms with E-state index in [9.17, 15) is 4.79 Å². The molecule has 1 aliphatic carbocycles. The van der Waals surface area contributed by atoms with E-state index >= 15 is 0 Å². The number of nitriles is 1. The summed E-state index contributed by atoms with van der Waals surface area (Å²) in [6.45, 7) is 5.19. The molecule has 2 N–H and O–H groups in total. The molecule has 5 heteroatoms. The third kappa shape index (κ3) is 3.99. The molecular weight excluding hydrogens is 218 g/mol. The van der Waals surface area contributed by atoms with Gasteiger partial charge in [-0.25, -0.2) is 0 Å². The van der Waals surface area contributed by atoms with Crippen LogP contribution in [0.25, 0.3) is 0 Å². The van der Waals surface area contributed by atoms with Crippen molar-refractivity contribution in [2.75, 3.05) is 26.2 Å². The van der Waals surface area contributed by atoms with Crippen molar-refractivity contribution in [3.63, 3.8) is 0 Å². The summed E-state index contributed by atoms with van der Waals surface area (Å²) in [6.07, 6.45) is 2.02. The highest BCUT2D eigenvalue weighted by molar-refractivity contribution is 5.79. The van der Waals surface area contributed by atoms with Crippen molar-refractivity contribution < 1.29 is 9.90 Å². The number of aliphatic hydroxyl groups is 1. The lowest BCUT2D eigenvalue weighted by molar-refractivity contribution is -0.123. The third-order valence-electron chi connectivity index (χ3n) is 3.26. The van der Waals surface area contributed by atoms with Gasteiger partial charge >= 0.3 is 0 Å². The molecule has 5 nitrogen and oxygen atoms in total. The Bertz CT molecular complexity index is 309. The van der Waals surface area contributed by atoms with Crippen molar-refractivity contribution in [3.05, 3.63) is 0 Å². The topological polar surface area (TPSA) is 76.4 Å². The van der Waals surface area contributed by atoms with Crippen molar-refractivity contribution >= 4 is 5.91 Å². The summed E-state index contributed by atoms with van der Waals surface area (Å²) in [7, 11) is 0. The molecule has 1 rings (SSSR count). The van der Waals surface area contributed by atoms with Gasteiger partial charge in [0.15, 0.2) is 0 Å². The Morgan fingerprint density at radius 3 is 2.71 bits per heavy atom. The largest absolute Gasteiger partial charge is 0.395 e. The minimum atomic E-state index is -0.726. The van der Waals surface area contributed by atoms with Crippen molar-refractivity contribution in [2.45, 2.75) is 32.2 Å². The molecule has 0 heterocycles. The highest BCUT2D eigenvalue weighted by Gasteiger charge is 2.43. The minimum Gasteiger partial charge on any atom is -0.395 e. The van der Waals surface area contributed by atoms with Crippen LogP contribution < -0.4 is 5.32 Å². The normalized spacial score (nSPS) is 18.5. The molecule has 0 bridgehead atoms. The molecule has 1 amide bonds. The molecule has 1 aliphatic rings. The lowest BCUT2D eigenvalue weighted by atomic mass is 9.98. The number of hydrogen-bond donors (Lipinski definition) is 2. The fourth-order valence-electron chi connectivity index (χ4n) is 1.90. The van der Waals surface area contributed by atoms with Gasteiger partial charge in [0.1, 0.15) is 5.54 Å². The lowest BCUT2D eigenvalue weighted by Crippen LogP contribution is -2.50. The van der Waals surface area contributed by atoms with Gasteiger partial charge in [0, 0.05) is 6.54 Å². The molecule has 1 fully saturated rings. The summed E-state index contributed by atoms with van der Waals surface area (Å²) in [5.74, 6) is 0.153. The number of aliphatic hydroxyl groups excluding tert-OH is 1. The maximum absolute atomic E-state index is 11.8. The van der Waals surface area contributed by atoms with Crippen LogP contribution in [0.2, 0.25) is 0 Å². The van der Waals surface area contributed by atoms with Gasteiger partial charge in [-0.15, -0.1) is 0 Å². The number of nitrogens with one attached hydrogen (secondary N) is 1. The SMILES string of the molecule is CCN(CCO)CC(=O)NC(C)(C#N)C1CC1. The van der Waals surface area contributed by atoms with Gasteiger partial charge in [-0.1, -0.05) is 6.92 Å². The highest BCUT2D eigenvalue weighted by atomic mass is 16.3. The van der Waals surface area contributed by atoms with Gasteiger partial charge in [-0.2, -0.15) is 5.26 Å². The van der Waals surface area contributed by atoms with Gasteiger partial charge in [-0.05, 0) is 32.2 Å². The number of amides is 1. The first-order valence-corrected chi connectivity index (χ1v) is 6.11. The fraction of sp³-hybridized carbons (Fsp3) is 0.833. The van der Waals surface area contributed by atoms with Crippen LogP contribution in [-0.4, -0.2) is 47.7 Å². The molecular formula is C12H21N3O2. The van der Waals surface area contributed by atoms with E-state index in [0.29, 0.717) is 19.0 Å². The van der Waals surface area contributed by atoms with Crippen LogP contribution in [0.4, 0.5) is 0 Å². The van der Waals surface area contributed by atoms with E-state index in [1.807, 2.05) is 11.8 Å². The molecule has 1 unspecified atom stereocenters. The van der Waals surface area contributed by atoms with Gasteiger partial charge in [0.25, 0.3) is 0 Å². The monoisotopic (exact) mass is 239 g/mol. The maximum Gasteiger partial charge on any atom is 0.235 e. The molecule has 0 aliphatic heterocycles. The number of nitrogens with zero attached hydrogens (tertiary/aromatic N) is 2. The van der Waals surface area contributed by atoms with Crippen LogP contribution >= 0.6 is 0 Å². The van der Waals surface area contributed by atoms with Crippen molar-refractivity contribution in [1.29, 1.82) is 5.26 Å². The van der Waals surface area contributed by atoms with Gasteiger partial charge in [0.2, 0.25) is 5.91 Å². The van der Waals surface area contributed by atoms with Crippen molar-refractivity contribution in [1.82, 2.24) is 10.2 Å².